The van der Waals surface area contributed by atoms with E-state index < -0.39 is 0 Å². The summed E-state index contributed by atoms with van der Waals surface area (Å²) >= 11 is 0. The predicted molar refractivity (Wildman–Crippen MR) is 78.5 cm³/mol. The molecule has 3 aliphatic rings. The second-order valence-corrected chi connectivity index (χ2v) is 7.60. The molecular weight excluding hydrogens is 216 g/mol. The molecule has 104 valence electrons. The monoisotopic (exact) mass is 248 g/mol. The number of hydrogen-bond acceptors (Lipinski definition) is 0. The third-order valence-electron chi connectivity index (χ3n) is 6.91. The minimum atomic E-state index is 1.08. The molecule has 0 N–H and O–H groups in total. The van der Waals surface area contributed by atoms with E-state index in [-0.39, 0.29) is 0 Å². The van der Waals surface area contributed by atoms with Gasteiger partial charge in [-0.1, -0.05) is 39.5 Å². The van der Waals surface area contributed by atoms with Gasteiger partial charge in [0.25, 0.3) is 0 Å². The summed E-state index contributed by atoms with van der Waals surface area (Å²) in [5.74, 6) is 6.70. The summed E-state index contributed by atoms with van der Waals surface area (Å²) < 4.78 is 0. The lowest BCUT2D eigenvalue weighted by atomic mass is 9.55. The Kier molecular flexibility index (Phi) is 4.01. The van der Waals surface area contributed by atoms with Crippen LogP contribution in [0.5, 0.6) is 0 Å². The van der Waals surface area contributed by atoms with Crippen molar-refractivity contribution in [1.82, 2.24) is 0 Å². The van der Waals surface area contributed by atoms with Crippen molar-refractivity contribution in [3.63, 3.8) is 0 Å². The highest BCUT2D eigenvalue weighted by atomic mass is 14.5. The van der Waals surface area contributed by atoms with E-state index in [1.54, 1.807) is 51.4 Å². The summed E-state index contributed by atoms with van der Waals surface area (Å²) in [4.78, 5) is 0. The van der Waals surface area contributed by atoms with E-state index in [1.165, 1.54) is 12.8 Å². The van der Waals surface area contributed by atoms with Crippen molar-refractivity contribution >= 4 is 0 Å². The highest BCUT2D eigenvalue weighted by molar-refractivity contribution is 4.94. The van der Waals surface area contributed by atoms with E-state index in [2.05, 4.69) is 13.8 Å². The lowest BCUT2D eigenvalue weighted by molar-refractivity contribution is -0.00282. The van der Waals surface area contributed by atoms with Crippen molar-refractivity contribution in [2.75, 3.05) is 0 Å². The second-order valence-electron chi connectivity index (χ2n) is 7.60. The van der Waals surface area contributed by atoms with Crippen LogP contribution in [-0.4, -0.2) is 0 Å². The zero-order valence-electron chi connectivity index (χ0n) is 12.5. The molecule has 0 aromatic heterocycles. The van der Waals surface area contributed by atoms with Crippen LogP contribution in [0.15, 0.2) is 0 Å². The highest BCUT2D eigenvalue weighted by Gasteiger charge is 2.43. The van der Waals surface area contributed by atoms with Crippen LogP contribution in [-0.2, 0) is 0 Å². The van der Waals surface area contributed by atoms with Crippen LogP contribution in [0.3, 0.4) is 0 Å². The Morgan fingerprint density at radius 2 is 1.06 bits per heavy atom. The third kappa shape index (κ3) is 2.37. The first kappa shape index (κ1) is 13.0. The molecule has 6 unspecified atom stereocenters. The molecule has 0 aliphatic heterocycles. The van der Waals surface area contributed by atoms with Gasteiger partial charge >= 0.3 is 0 Å². The van der Waals surface area contributed by atoms with E-state index in [0.717, 1.165) is 35.5 Å². The fourth-order valence-electron chi connectivity index (χ4n) is 5.73. The minimum absolute atomic E-state index is 1.08. The molecule has 0 heterocycles. The maximum Gasteiger partial charge on any atom is -0.0355 e. The summed E-state index contributed by atoms with van der Waals surface area (Å²) in [6.45, 7) is 4.81. The number of hydrogen-bond donors (Lipinski definition) is 0. The SMILES string of the molecule is CCC1CCC2C(CCC3CC(CC)CCC32)C1. The predicted octanol–water partition coefficient (Wildman–Crippen LogP) is 5.67. The van der Waals surface area contributed by atoms with Gasteiger partial charge in [0.1, 0.15) is 0 Å². The zero-order chi connectivity index (χ0) is 12.5. The molecule has 3 saturated carbocycles. The van der Waals surface area contributed by atoms with Crippen LogP contribution in [0.25, 0.3) is 0 Å². The van der Waals surface area contributed by atoms with Gasteiger partial charge in [0.15, 0.2) is 0 Å². The first-order valence-corrected chi connectivity index (χ1v) is 8.81. The molecule has 3 rings (SSSR count). The van der Waals surface area contributed by atoms with Gasteiger partial charge in [0.05, 0.1) is 0 Å². The minimum Gasteiger partial charge on any atom is -0.0651 e. The molecule has 0 heteroatoms. The molecule has 0 amide bonds. The smallest absolute Gasteiger partial charge is 0.0355 e. The summed E-state index contributed by atoms with van der Waals surface area (Å²) in [5.41, 5.74) is 0. The van der Waals surface area contributed by atoms with Crippen molar-refractivity contribution in [3.05, 3.63) is 0 Å². The van der Waals surface area contributed by atoms with Crippen LogP contribution in [0.2, 0.25) is 0 Å². The molecule has 0 nitrogen and oxygen atoms in total. The van der Waals surface area contributed by atoms with Crippen LogP contribution in [0.1, 0.15) is 78.1 Å². The molecular formula is C18H32. The number of rotatable bonds is 2. The molecule has 0 aromatic carbocycles. The Morgan fingerprint density at radius 1 is 0.611 bits per heavy atom. The lowest BCUT2D eigenvalue weighted by Crippen LogP contribution is -2.41. The second kappa shape index (κ2) is 5.55. The molecule has 0 aromatic rings. The first-order chi connectivity index (χ1) is 8.81. The van der Waals surface area contributed by atoms with Gasteiger partial charge in [-0.25, -0.2) is 0 Å². The Morgan fingerprint density at radius 3 is 1.44 bits per heavy atom. The van der Waals surface area contributed by atoms with Gasteiger partial charge in [-0.3, -0.25) is 0 Å². The molecule has 0 radical (unpaired) electrons. The average molecular weight is 248 g/mol. The fourth-order valence-corrected chi connectivity index (χ4v) is 5.73. The van der Waals surface area contributed by atoms with E-state index in [9.17, 15) is 0 Å². The van der Waals surface area contributed by atoms with Crippen LogP contribution in [0.4, 0.5) is 0 Å². The standard InChI is InChI=1S/C18H32/c1-3-13-5-9-17-15(11-13)7-8-16-12-14(4-2)6-10-18(16)17/h13-18H,3-12H2,1-2H3. The summed E-state index contributed by atoms with van der Waals surface area (Å²) in [7, 11) is 0. The molecule has 6 atom stereocenters. The van der Waals surface area contributed by atoms with Crippen molar-refractivity contribution < 1.29 is 0 Å². The van der Waals surface area contributed by atoms with Gasteiger partial charge in [0, 0.05) is 0 Å². The average Bonchev–Trinajstić information content (AvgIpc) is 2.45. The molecule has 0 bridgehead atoms. The Hall–Kier alpha value is 0. The molecule has 3 aliphatic carbocycles. The normalized spacial score (nSPS) is 48.3. The van der Waals surface area contributed by atoms with Crippen LogP contribution < -0.4 is 0 Å². The topological polar surface area (TPSA) is 0 Å². The van der Waals surface area contributed by atoms with Crippen molar-refractivity contribution in [2.24, 2.45) is 35.5 Å². The van der Waals surface area contributed by atoms with E-state index in [0.29, 0.717) is 0 Å². The van der Waals surface area contributed by atoms with Crippen LogP contribution in [0, 0.1) is 35.5 Å². The van der Waals surface area contributed by atoms with Gasteiger partial charge in [-0.15, -0.1) is 0 Å². The Bertz CT molecular complexity index is 241. The Labute approximate surface area is 114 Å². The number of fused-ring (bicyclic) bond motifs is 3. The van der Waals surface area contributed by atoms with Gasteiger partial charge in [0.2, 0.25) is 0 Å². The molecule has 0 saturated heterocycles. The van der Waals surface area contributed by atoms with Gasteiger partial charge in [-0.2, -0.15) is 0 Å². The fraction of sp³-hybridized carbons (Fsp3) is 1.00. The van der Waals surface area contributed by atoms with Crippen molar-refractivity contribution in [1.29, 1.82) is 0 Å². The van der Waals surface area contributed by atoms with E-state index >= 15 is 0 Å². The largest absolute Gasteiger partial charge is 0.0651 e. The molecule has 0 spiro atoms. The summed E-state index contributed by atoms with van der Waals surface area (Å²) in [6.07, 6.45) is 15.5. The quantitative estimate of drug-likeness (QED) is 0.591. The van der Waals surface area contributed by atoms with Crippen LogP contribution >= 0.6 is 0 Å². The van der Waals surface area contributed by atoms with Crippen molar-refractivity contribution in [3.8, 4) is 0 Å². The maximum absolute atomic E-state index is 2.41. The van der Waals surface area contributed by atoms with Gasteiger partial charge in [-0.05, 0) is 74.0 Å². The zero-order valence-corrected chi connectivity index (χ0v) is 12.5. The summed E-state index contributed by atoms with van der Waals surface area (Å²) in [5, 5.41) is 0. The first-order valence-electron chi connectivity index (χ1n) is 8.81. The van der Waals surface area contributed by atoms with Crippen molar-refractivity contribution in [2.45, 2.75) is 78.1 Å². The maximum atomic E-state index is 2.41. The van der Waals surface area contributed by atoms with E-state index in [4.69, 9.17) is 0 Å². The Balaban J connectivity index is 1.64. The highest BCUT2D eigenvalue weighted by Crippen LogP contribution is 2.53. The lowest BCUT2D eigenvalue weighted by Gasteiger charge is -2.50. The van der Waals surface area contributed by atoms with Gasteiger partial charge < -0.3 is 0 Å². The summed E-state index contributed by atoms with van der Waals surface area (Å²) in [6, 6.07) is 0. The van der Waals surface area contributed by atoms with E-state index in [1.807, 2.05) is 0 Å². The third-order valence-corrected chi connectivity index (χ3v) is 6.91. The molecule has 3 fully saturated rings. The molecule has 18 heavy (non-hydrogen) atoms.